The quantitative estimate of drug-likeness (QED) is 0.638. The molecule has 25 heavy (non-hydrogen) atoms. The highest BCUT2D eigenvalue weighted by Crippen LogP contribution is 2.31. The maximum atomic E-state index is 12.4. The topological polar surface area (TPSA) is 67.9 Å². The number of nitrogens with zero attached hydrogens (tertiary/aromatic N) is 1. The van der Waals surface area contributed by atoms with E-state index in [1.165, 1.54) is 14.2 Å². The van der Waals surface area contributed by atoms with Crippen LogP contribution in [0, 0.1) is 0 Å². The van der Waals surface area contributed by atoms with E-state index in [-0.39, 0.29) is 0 Å². The summed E-state index contributed by atoms with van der Waals surface area (Å²) in [4.78, 5) is 25.9. The third-order valence-electron chi connectivity index (χ3n) is 4.11. The van der Waals surface area contributed by atoms with E-state index in [4.69, 9.17) is 21.7 Å². The van der Waals surface area contributed by atoms with Gasteiger partial charge >= 0.3 is 11.9 Å². The van der Waals surface area contributed by atoms with Crippen LogP contribution in [0.15, 0.2) is 35.5 Å². The van der Waals surface area contributed by atoms with Gasteiger partial charge in [0.25, 0.3) is 0 Å². The molecule has 1 aromatic carbocycles. The molecule has 0 unspecified atom stereocenters. The summed E-state index contributed by atoms with van der Waals surface area (Å²) in [6, 6.07) is 6.44. The highest BCUT2D eigenvalue weighted by molar-refractivity contribution is 7.80. The van der Waals surface area contributed by atoms with Gasteiger partial charge in [-0.3, -0.25) is 0 Å². The molecule has 134 valence electrons. The van der Waals surface area contributed by atoms with E-state index >= 15 is 0 Å². The minimum Gasteiger partial charge on any atom is -0.466 e. The van der Waals surface area contributed by atoms with Gasteiger partial charge in [-0.05, 0) is 43.3 Å². The Bertz CT molecular complexity index is 712. The van der Waals surface area contributed by atoms with Crippen LogP contribution in [-0.4, -0.2) is 42.7 Å². The van der Waals surface area contributed by atoms with E-state index in [0.717, 1.165) is 17.7 Å². The Balaban J connectivity index is 2.46. The molecule has 0 radical (unpaired) electrons. The largest absolute Gasteiger partial charge is 0.466 e. The maximum Gasteiger partial charge on any atom is 0.337 e. The van der Waals surface area contributed by atoms with E-state index < -0.39 is 18.0 Å². The van der Waals surface area contributed by atoms with Crippen LogP contribution in [-0.2, 0) is 14.3 Å². The first-order valence-electron chi connectivity index (χ1n) is 8.00. The van der Waals surface area contributed by atoms with Gasteiger partial charge < -0.3 is 19.7 Å². The smallest absolute Gasteiger partial charge is 0.337 e. The third-order valence-corrected chi connectivity index (χ3v) is 4.45. The molecule has 0 amide bonds. The number of nitrogens with one attached hydrogen (secondary N) is 1. The van der Waals surface area contributed by atoms with Gasteiger partial charge in [0.1, 0.15) is 0 Å². The normalized spacial score (nSPS) is 17.2. The van der Waals surface area contributed by atoms with Crippen molar-refractivity contribution in [3.05, 3.63) is 46.7 Å². The number of methoxy groups -OCH3 is 2. The number of carbonyl (C=O) groups is 2. The molecule has 0 saturated carbocycles. The second-order valence-corrected chi connectivity index (χ2v) is 6.03. The van der Waals surface area contributed by atoms with Gasteiger partial charge in [-0.1, -0.05) is 19.1 Å². The molecule has 1 aliphatic heterocycles. The number of ether oxygens (including phenoxy) is 2. The molecule has 1 N–H and O–H groups in total. The van der Waals surface area contributed by atoms with E-state index in [1.54, 1.807) is 24.3 Å². The highest BCUT2D eigenvalue weighted by Gasteiger charge is 2.34. The zero-order valence-corrected chi connectivity index (χ0v) is 15.6. The fourth-order valence-corrected chi connectivity index (χ4v) is 3.17. The van der Waals surface area contributed by atoms with Crippen LogP contribution in [0.4, 0.5) is 0 Å². The van der Waals surface area contributed by atoms with Gasteiger partial charge in [-0.15, -0.1) is 0 Å². The molecule has 2 rings (SSSR count). The molecule has 1 aliphatic rings. The first-order valence-corrected chi connectivity index (χ1v) is 8.40. The number of carbonyl (C=O) groups excluding carboxylic acids is 2. The van der Waals surface area contributed by atoms with Crippen molar-refractivity contribution < 1.29 is 19.1 Å². The van der Waals surface area contributed by atoms with Crippen molar-refractivity contribution in [1.82, 2.24) is 10.2 Å². The predicted molar refractivity (Wildman–Crippen MR) is 98.0 cm³/mol. The van der Waals surface area contributed by atoms with Crippen LogP contribution in [0.25, 0.3) is 0 Å². The molecule has 0 saturated heterocycles. The van der Waals surface area contributed by atoms with Gasteiger partial charge in [0.15, 0.2) is 5.11 Å². The Morgan fingerprint density at radius 2 is 1.76 bits per heavy atom. The number of benzene rings is 1. The molecule has 1 aromatic rings. The zero-order chi connectivity index (χ0) is 18.6. The monoisotopic (exact) mass is 362 g/mol. The lowest BCUT2D eigenvalue weighted by Crippen LogP contribution is -2.48. The van der Waals surface area contributed by atoms with Crippen molar-refractivity contribution in [3.8, 4) is 0 Å². The van der Waals surface area contributed by atoms with E-state index in [1.807, 2.05) is 18.7 Å². The van der Waals surface area contributed by atoms with Gasteiger partial charge in [0, 0.05) is 12.2 Å². The van der Waals surface area contributed by atoms with Crippen LogP contribution in [0.5, 0.6) is 0 Å². The minimum atomic E-state index is -0.431. The van der Waals surface area contributed by atoms with Crippen molar-refractivity contribution in [2.75, 3.05) is 20.8 Å². The molecule has 0 spiro atoms. The Kier molecular flexibility index (Phi) is 6.14. The summed E-state index contributed by atoms with van der Waals surface area (Å²) in [6.45, 7) is 4.63. The molecule has 0 fully saturated rings. The molecular weight excluding hydrogens is 340 g/mol. The van der Waals surface area contributed by atoms with Crippen LogP contribution in [0.1, 0.15) is 42.2 Å². The van der Waals surface area contributed by atoms with Crippen molar-refractivity contribution in [3.63, 3.8) is 0 Å². The molecular formula is C18H22N2O4S. The lowest BCUT2D eigenvalue weighted by Gasteiger charge is -2.37. The third kappa shape index (κ3) is 3.82. The average Bonchev–Trinajstić information content (AvgIpc) is 2.63. The molecule has 6 nitrogen and oxygen atoms in total. The first kappa shape index (κ1) is 18.9. The number of thiocarbonyl (C=S) groups is 1. The second kappa shape index (κ2) is 8.11. The molecule has 0 bridgehead atoms. The minimum absolute atomic E-state index is 0.407. The summed E-state index contributed by atoms with van der Waals surface area (Å²) >= 11 is 5.46. The van der Waals surface area contributed by atoms with Crippen LogP contribution < -0.4 is 5.32 Å². The Labute approximate surface area is 152 Å². The van der Waals surface area contributed by atoms with Crippen molar-refractivity contribution in [2.24, 2.45) is 0 Å². The average molecular weight is 362 g/mol. The maximum absolute atomic E-state index is 12.4. The number of hydrogen-bond acceptors (Lipinski definition) is 5. The predicted octanol–water partition coefficient (Wildman–Crippen LogP) is 2.56. The van der Waals surface area contributed by atoms with Crippen LogP contribution >= 0.6 is 12.2 Å². The van der Waals surface area contributed by atoms with Crippen LogP contribution in [0.3, 0.4) is 0 Å². The summed E-state index contributed by atoms with van der Waals surface area (Å²) in [6.07, 6.45) is 0.895. The molecule has 1 heterocycles. The zero-order valence-electron chi connectivity index (χ0n) is 14.8. The first-order chi connectivity index (χ1) is 11.9. The van der Waals surface area contributed by atoms with Gasteiger partial charge in [-0.2, -0.15) is 0 Å². The highest BCUT2D eigenvalue weighted by atomic mass is 32.1. The molecule has 1 atom stereocenters. The van der Waals surface area contributed by atoms with Gasteiger partial charge in [0.2, 0.25) is 0 Å². The summed E-state index contributed by atoms with van der Waals surface area (Å²) in [5, 5.41) is 3.77. The fourth-order valence-electron chi connectivity index (χ4n) is 2.83. The Morgan fingerprint density at radius 3 is 2.28 bits per heavy atom. The standard InChI is InChI=1S/C18H22N2O4S/c1-5-10-20-11(2)14(17(22)24-4)15(19-18(20)25)12-6-8-13(9-7-12)16(21)23-3/h6-9,15H,5,10H2,1-4H3,(H,19,25)/t15-/m1/s1. The number of esters is 2. The van der Waals surface area contributed by atoms with Gasteiger partial charge in [-0.25, -0.2) is 9.59 Å². The van der Waals surface area contributed by atoms with Crippen molar-refractivity contribution in [2.45, 2.75) is 26.3 Å². The Morgan fingerprint density at radius 1 is 1.16 bits per heavy atom. The summed E-state index contributed by atoms with van der Waals surface area (Å²) in [5.41, 5.74) is 2.54. The second-order valence-electron chi connectivity index (χ2n) is 5.64. The summed E-state index contributed by atoms with van der Waals surface area (Å²) < 4.78 is 9.68. The summed E-state index contributed by atoms with van der Waals surface area (Å²) in [7, 11) is 2.69. The molecule has 0 aliphatic carbocycles. The Hall–Kier alpha value is -2.41. The number of rotatable bonds is 5. The SMILES string of the molecule is CCCN1C(=S)N[C@H](c2ccc(C(=O)OC)cc2)C(C(=O)OC)=C1C. The summed E-state index contributed by atoms with van der Waals surface area (Å²) in [5.74, 6) is -0.816. The number of allylic oxidation sites excluding steroid dienone is 1. The van der Waals surface area contributed by atoms with E-state index in [0.29, 0.717) is 22.8 Å². The lowest BCUT2D eigenvalue weighted by molar-refractivity contribution is -0.136. The number of hydrogen-bond donors (Lipinski definition) is 1. The van der Waals surface area contributed by atoms with Gasteiger partial charge in [0.05, 0.1) is 31.4 Å². The van der Waals surface area contributed by atoms with E-state index in [9.17, 15) is 9.59 Å². The van der Waals surface area contributed by atoms with Crippen LogP contribution in [0.2, 0.25) is 0 Å². The molecule has 7 heteroatoms. The lowest BCUT2D eigenvalue weighted by atomic mass is 9.94. The fraction of sp³-hybridized carbons (Fsp3) is 0.389. The van der Waals surface area contributed by atoms with Crippen molar-refractivity contribution in [1.29, 1.82) is 0 Å². The molecule has 0 aromatic heterocycles. The van der Waals surface area contributed by atoms with E-state index in [2.05, 4.69) is 5.32 Å². The van der Waals surface area contributed by atoms with Crippen molar-refractivity contribution >= 4 is 29.3 Å².